The molecule has 0 saturated carbocycles. The summed E-state index contributed by atoms with van der Waals surface area (Å²) in [5, 5.41) is 0. The molecule has 0 fully saturated rings. The van der Waals surface area contributed by atoms with Crippen molar-refractivity contribution in [2.24, 2.45) is 0 Å². The van der Waals surface area contributed by atoms with Crippen molar-refractivity contribution in [2.45, 2.75) is 13.8 Å². The fourth-order valence-electron chi connectivity index (χ4n) is 2.38. The number of ether oxygens (including phenoxy) is 2. The van der Waals surface area contributed by atoms with Gasteiger partial charge in [0.15, 0.2) is 11.5 Å². The number of benzene rings is 3. The van der Waals surface area contributed by atoms with Crippen LogP contribution in [0, 0.1) is 13.8 Å². The largest absolute Gasteiger partial charge is 0.419 e. The first-order valence-corrected chi connectivity index (χ1v) is 9.99. The van der Waals surface area contributed by atoms with Gasteiger partial charge in [-0.05, 0) is 61.4 Å². The second-order valence-corrected chi connectivity index (χ2v) is 7.86. The summed E-state index contributed by atoms with van der Waals surface area (Å²) in [4.78, 5) is 25.0. The van der Waals surface area contributed by atoms with Crippen LogP contribution in [0.4, 0.5) is 0 Å². The Hall–Kier alpha value is -2.44. The van der Waals surface area contributed by atoms with Gasteiger partial charge in [-0.1, -0.05) is 56.1 Å². The van der Waals surface area contributed by atoms with Gasteiger partial charge in [-0.15, -0.1) is 0 Å². The fraction of sp³-hybridized carbons (Fsp3) is 0.0909. The Morgan fingerprint density at radius 3 is 1.43 bits per heavy atom. The molecule has 0 bridgehead atoms. The summed E-state index contributed by atoms with van der Waals surface area (Å²) in [5.74, 6) is -0.739. The fourth-order valence-corrected chi connectivity index (χ4v) is 3.13. The second kappa shape index (κ2) is 8.71. The van der Waals surface area contributed by atoms with E-state index >= 15 is 0 Å². The number of esters is 2. The summed E-state index contributed by atoms with van der Waals surface area (Å²) < 4.78 is 12.5. The minimum atomic E-state index is -0.540. The number of halogens is 2. The third-order valence-electron chi connectivity index (χ3n) is 4.07. The highest BCUT2D eigenvalue weighted by Gasteiger charge is 2.17. The predicted octanol–water partition coefficient (Wildman–Crippen LogP) is 6.27. The number of rotatable bonds is 4. The van der Waals surface area contributed by atoms with E-state index in [4.69, 9.17) is 9.47 Å². The van der Waals surface area contributed by atoms with E-state index in [1.165, 1.54) is 0 Å². The Balaban J connectivity index is 1.80. The number of carbonyl (C=O) groups excluding carboxylic acids is 2. The molecule has 0 atom stereocenters. The SMILES string of the molecule is Cc1ccc(C(=O)Oc2ccccc2OC(=O)c2ccc(C)c(Br)c2)cc1Br. The molecular weight excluding hydrogens is 488 g/mol. The van der Waals surface area contributed by atoms with E-state index in [1.807, 2.05) is 26.0 Å². The first-order valence-electron chi connectivity index (χ1n) is 8.41. The highest BCUT2D eigenvalue weighted by molar-refractivity contribution is 9.10. The van der Waals surface area contributed by atoms with Gasteiger partial charge in [0.1, 0.15) is 0 Å². The lowest BCUT2D eigenvalue weighted by Crippen LogP contribution is -2.12. The van der Waals surface area contributed by atoms with Crippen LogP contribution >= 0.6 is 31.9 Å². The maximum Gasteiger partial charge on any atom is 0.343 e. The minimum Gasteiger partial charge on any atom is -0.419 e. The first kappa shape index (κ1) is 20.3. The van der Waals surface area contributed by atoms with E-state index in [2.05, 4.69) is 31.9 Å². The predicted molar refractivity (Wildman–Crippen MR) is 114 cm³/mol. The molecule has 0 aliphatic carbocycles. The molecule has 0 unspecified atom stereocenters. The average Bonchev–Trinajstić information content (AvgIpc) is 2.67. The van der Waals surface area contributed by atoms with Crippen LogP contribution in [0.5, 0.6) is 11.5 Å². The Bertz CT molecular complexity index is 976. The summed E-state index contributed by atoms with van der Waals surface area (Å²) >= 11 is 6.81. The molecule has 142 valence electrons. The number of carbonyl (C=O) groups is 2. The molecule has 28 heavy (non-hydrogen) atoms. The third-order valence-corrected chi connectivity index (χ3v) is 5.78. The van der Waals surface area contributed by atoms with Crippen molar-refractivity contribution in [1.82, 2.24) is 0 Å². The standard InChI is InChI=1S/C22H16Br2O4/c1-13-7-9-15(11-17(13)23)21(25)27-19-5-3-4-6-20(19)28-22(26)16-10-8-14(2)18(24)12-16/h3-12H,1-2H3. The lowest BCUT2D eigenvalue weighted by Gasteiger charge is -2.11. The summed E-state index contributed by atoms with van der Waals surface area (Å²) in [7, 11) is 0. The maximum atomic E-state index is 12.5. The number of hydrogen-bond donors (Lipinski definition) is 0. The zero-order valence-electron chi connectivity index (χ0n) is 15.2. The van der Waals surface area contributed by atoms with Crippen molar-refractivity contribution in [1.29, 1.82) is 0 Å². The Labute approximate surface area is 179 Å². The van der Waals surface area contributed by atoms with Gasteiger partial charge in [0.05, 0.1) is 11.1 Å². The van der Waals surface area contributed by atoms with Crippen LogP contribution in [0.1, 0.15) is 31.8 Å². The van der Waals surface area contributed by atoms with E-state index < -0.39 is 11.9 Å². The van der Waals surface area contributed by atoms with Crippen LogP contribution in [0.25, 0.3) is 0 Å². The van der Waals surface area contributed by atoms with Gasteiger partial charge in [-0.25, -0.2) is 9.59 Å². The van der Waals surface area contributed by atoms with E-state index in [-0.39, 0.29) is 11.5 Å². The summed E-state index contributed by atoms with van der Waals surface area (Å²) in [6, 6.07) is 16.9. The van der Waals surface area contributed by atoms with Crippen molar-refractivity contribution < 1.29 is 19.1 Å². The van der Waals surface area contributed by atoms with Gasteiger partial charge >= 0.3 is 11.9 Å². The molecule has 0 aliphatic heterocycles. The molecule has 0 radical (unpaired) electrons. The molecular formula is C22H16Br2O4. The smallest absolute Gasteiger partial charge is 0.343 e. The number of hydrogen-bond acceptors (Lipinski definition) is 4. The molecule has 3 rings (SSSR count). The molecule has 0 N–H and O–H groups in total. The van der Waals surface area contributed by atoms with Gasteiger partial charge < -0.3 is 9.47 Å². The quantitative estimate of drug-likeness (QED) is 0.311. The van der Waals surface area contributed by atoms with Crippen molar-refractivity contribution in [2.75, 3.05) is 0 Å². The van der Waals surface area contributed by atoms with Crippen LogP contribution in [0.3, 0.4) is 0 Å². The molecule has 4 nitrogen and oxygen atoms in total. The van der Waals surface area contributed by atoms with Crippen molar-refractivity contribution in [3.05, 3.63) is 91.9 Å². The molecule has 0 heterocycles. The minimum absolute atomic E-state index is 0.170. The zero-order valence-corrected chi connectivity index (χ0v) is 18.3. The van der Waals surface area contributed by atoms with E-state index in [0.717, 1.165) is 20.1 Å². The monoisotopic (exact) mass is 502 g/mol. The van der Waals surface area contributed by atoms with Gasteiger partial charge in [-0.3, -0.25) is 0 Å². The van der Waals surface area contributed by atoms with Gasteiger partial charge in [-0.2, -0.15) is 0 Å². The lowest BCUT2D eigenvalue weighted by atomic mass is 10.1. The zero-order chi connectivity index (χ0) is 20.3. The van der Waals surface area contributed by atoms with Crippen LogP contribution in [-0.4, -0.2) is 11.9 Å². The first-order chi connectivity index (χ1) is 13.3. The Morgan fingerprint density at radius 1 is 0.679 bits per heavy atom. The van der Waals surface area contributed by atoms with Crippen molar-refractivity contribution >= 4 is 43.8 Å². The topological polar surface area (TPSA) is 52.6 Å². The molecule has 3 aromatic carbocycles. The molecule has 6 heteroatoms. The normalized spacial score (nSPS) is 10.4. The van der Waals surface area contributed by atoms with Gasteiger partial charge in [0.2, 0.25) is 0 Å². The number of aryl methyl sites for hydroxylation is 2. The molecule has 0 spiro atoms. The van der Waals surface area contributed by atoms with Crippen LogP contribution in [-0.2, 0) is 0 Å². The Morgan fingerprint density at radius 2 is 1.07 bits per heavy atom. The van der Waals surface area contributed by atoms with Gasteiger partial charge in [0.25, 0.3) is 0 Å². The second-order valence-electron chi connectivity index (χ2n) is 6.15. The Kier molecular flexibility index (Phi) is 6.31. The molecule has 0 saturated heterocycles. The molecule has 0 aliphatic rings. The summed E-state index contributed by atoms with van der Waals surface area (Å²) in [6.45, 7) is 3.86. The molecule has 3 aromatic rings. The summed E-state index contributed by atoms with van der Waals surface area (Å²) in [5.41, 5.74) is 2.80. The van der Waals surface area contributed by atoms with Crippen molar-refractivity contribution in [3.8, 4) is 11.5 Å². The average molecular weight is 504 g/mol. The van der Waals surface area contributed by atoms with E-state index in [0.29, 0.717) is 11.1 Å². The van der Waals surface area contributed by atoms with Crippen LogP contribution < -0.4 is 9.47 Å². The van der Waals surface area contributed by atoms with Crippen molar-refractivity contribution in [3.63, 3.8) is 0 Å². The molecule has 0 aromatic heterocycles. The highest BCUT2D eigenvalue weighted by Crippen LogP contribution is 2.29. The lowest BCUT2D eigenvalue weighted by molar-refractivity contribution is 0.0682. The molecule has 0 amide bonds. The van der Waals surface area contributed by atoms with E-state index in [1.54, 1.807) is 48.5 Å². The van der Waals surface area contributed by atoms with Gasteiger partial charge in [0, 0.05) is 8.95 Å². The number of para-hydroxylation sites is 2. The van der Waals surface area contributed by atoms with Crippen LogP contribution in [0.2, 0.25) is 0 Å². The van der Waals surface area contributed by atoms with Crippen LogP contribution in [0.15, 0.2) is 69.6 Å². The summed E-state index contributed by atoms with van der Waals surface area (Å²) in [6.07, 6.45) is 0. The highest BCUT2D eigenvalue weighted by atomic mass is 79.9. The maximum absolute atomic E-state index is 12.5. The van der Waals surface area contributed by atoms with E-state index in [9.17, 15) is 9.59 Å². The third kappa shape index (κ3) is 4.69.